The van der Waals surface area contributed by atoms with Gasteiger partial charge in [0.2, 0.25) is 0 Å². The summed E-state index contributed by atoms with van der Waals surface area (Å²) >= 11 is 3.02. The third-order valence-corrected chi connectivity index (χ3v) is 4.31. The van der Waals surface area contributed by atoms with Crippen molar-refractivity contribution in [1.82, 2.24) is 0 Å². The summed E-state index contributed by atoms with van der Waals surface area (Å²) < 4.78 is 50.6. The zero-order valence-corrected chi connectivity index (χ0v) is 15.3. The molecule has 144 valence electrons. The number of halogens is 4. The fraction of sp³-hybridized carbons (Fsp3) is 0.294. The third-order valence-electron chi connectivity index (χ3n) is 3.89. The van der Waals surface area contributed by atoms with E-state index in [-0.39, 0.29) is 15.9 Å². The minimum absolute atomic E-state index is 0.0353. The number of hydrogen-bond donors (Lipinski definition) is 2. The van der Waals surface area contributed by atoms with E-state index in [0.717, 1.165) is 24.8 Å². The molecule has 1 aromatic heterocycles. The second-order valence-electron chi connectivity index (χ2n) is 5.84. The highest BCUT2D eigenvalue weighted by molar-refractivity contribution is 9.10. The SMILES string of the molecule is O=C(Nc1ccc(NC(=O)C2CCCO2)cc1C(F)(F)F)c1coc(Br)c1. The molecule has 0 radical (unpaired) electrons. The molecule has 10 heteroatoms. The Morgan fingerprint density at radius 1 is 1.19 bits per heavy atom. The van der Waals surface area contributed by atoms with Crippen molar-refractivity contribution in [3.63, 3.8) is 0 Å². The van der Waals surface area contributed by atoms with Crippen LogP contribution in [0.25, 0.3) is 0 Å². The number of carbonyl (C=O) groups excluding carboxylic acids is 2. The summed E-state index contributed by atoms with van der Waals surface area (Å²) in [6.45, 7) is 0.445. The average Bonchev–Trinajstić information content (AvgIpc) is 3.26. The molecule has 6 nitrogen and oxygen atoms in total. The largest absolute Gasteiger partial charge is 0.457 e. The highest BCUT2D eigenvalue weighted by atomic mass is 79.9. The fourth-order valence-corrected chi connectivity index (χ4v) is 2.94. The smallest absolute Gasteiger partial charge is 0.418 e. The van der Waals surface area contributed by atoms with E-state index in [4.69, 9.17) is 9.15 Å². The van der Waals surface area contributed by atoms with E-state index in [1.165, 1.54) is 12.1 Å². The molecule has 0 saturated carbocycles. The molecule has 1 unspecified atom stereocenters. The van der Waals surface area contributed by atoms with E-state index < -0.39 is 35.3 Å². The van der Waals surface area contributed by atoms with Crippen molar-refractivity contribution >= 4 is 39.1 Å². The Morgan fingerprint density at radius 2 is 1.96 bits per heavy atom. The van der Waals surface area contributed by atoms with Gasteiger partial charge < -0.3 is 19.8 Å². The minimum atomic E-state index is -4.73. The molecule has 1 aliphatic heterocycles. The second-order valence-corrected chi connectivity index (χ2v) is 6.62. The van der Waals surface area contributed by atoms with E-state index in [0.29, 0.717) is 13.0 Å². The van der Waals surface area contributed by atoms with Gasteiger partial charge >= 0.3 is 6.18 Å². The van der Waals surface area contributed by atoms with Crippen molar-refractivity contribution in [2.75, 3.05) is 17.2 Å². The molecule has 27 heavy (non-hydrogen) atoms. The summed E-state index contributed by atoms with van der Waals surface area (Å²) in [6.07, 6.45) is -3.04. The Morgan fingerprint density at radius 3 is 2.56 bits per heavy atom. The van der Waals surface area contributed by atoms with Crippen molar-refractivity contribution in [2.45, 2.75) is 25.1 Å². The first-order valence-corrected chi connectivity index (χ1v) is 8.72. The number of benzene rings is 1. The highest BCUT2D eigenvalue weighted by Gasteiger charge is 2.35. The summed E-state index contributed by atoms with van der Waals surface area (Å²) in [6, 6.07) is 4.47. The zero-order chi connectivity index (χ0) is 19.6. The Balaban J connectivity index is 1.81. The van der Waals surface area contributed by atoms with Crippen LogP contribution in [0.3, 0.4) is 0 Å². The molecule has 2 amide bonds. The molecule has 0 spiro atoms. The summed E-state index contributed by atoms with van der Waals surface area (Å²) in [5, 5.41) is 4.62. The monoisotopic (exact) mass is 446 g/mol. The Kier molecular flexibility index (Phi) is 5.56. The maximum Gasteiger partial charge on any atom is 0.418 e. The molecule has 2 aromatic rings. The van der Waals surface area contributed by atoms with Crippen molar-refractivity contribution in [2.24, 2.45) is 0 Å². The van der Waals surface area contributed by atoms with Crippen LogP contribution >= 0.6 is 15.9 Å². The molecule has 1 saturated heterocycles. The number of alkyl halides is 3. The van der Waals surface area contributed by atoms with Crippen LogP contribution in [0, 0.1) is 0 Å². The van der Waals surface area contributed by atoms with E-state index in [1.54, 1.807) is 0 Å². The zero-order valence-electron chi connectivity index (χ0n) is 13.7. The molecule has 1 fully saturated rings. The second kappa shape index (κ2) is 7.73. The van der Waals surface area contributed by atoms with Crippen LogP contribution in [-0.4, -0.2) is 24.5 Å². The molecule has 1 atom stereocenters. The quantitative estimate of drug-likeness (QED) is 0.727. The van der Waals surface area contributed by atoms with Gasteiger partial charge in [0.05, 0.1) is 16.8 Å². The van der Waals surface area contributed by atoms with Gasteiger partial charge in [-0.3, -0.25) is 9.59 Å². The fourth-order valence-electron chi connectivity index (χ4n) is 2.60. The lowest BCUT2D eigenvalue weighted by atomic mass is 10.1. The number of nitrogens with one attached hydrogen (secondary N) is 2. The first kappa shape index (κ1) is 19.4. The lowest BCUT2D eigenvalue weighted by Crippen LogP contribution is -2.27. The van der Waals surface area contributed by atoms with Crippen LogP contribution in [-0.2, 0) is 15.7 Å². The van der Waals surface area contributed by atoms with Crippen LogP contribution in [0.1, 0.15) is 28.8 Å². The van der Waals surface area contributed by atoms with Crippen molar-refractivity contribution in [1.29, 1.82) is 0 Å². The topological polar surface area (TPSA) is 80.6 Å². The molecular weight excluding hydrogens is 433 g/mol. The van der Waals surface area contributed by atoms with Gasteiger partial charge in [-0.15, -0.1) is 0 Å². The van der Waals surface area contributed by atoms with Gasteiger partial charge in [0.25, 0.3) is 11.8 Å². The molecular formula is C17H14BrF3N2O4. The standard InChI is InChI=1S/C17H14BrF3N2O4/c18-14-6-9(8-27-14)15(24)23-12-4-3-10(7-11(12)17(19,20)21)22-16(25)13-2-1-5-26-13/h3-4,6-8,13H,1-2,5H2,(H,22,25)(H,23,24). The van der Waals surface area contributed by atoms with E-state index in [2.05, 4.69) is 26.6 Å². The number of ether oxygens (including phenoxy) is 1. The normalized spacial score (nSPS) is 17.0. The van der Waals surface area contributed by atoms with Crippen LogP contribution in [0.2, 0.25) is 0 Å². The number of amides is 2. The number of furan rings is 1. The highest BCUT2D eigenvalue weighted by Crippen LogP contribution is 2.37. The molecule has 3 rings (SSSR count). The maximum absolute atomic E-state index is 13.4. The summed E-state index contributed by atoms with van der Waals surface area (Å²) in [5.41, 5.74) is -1.49. The van der Waals surface area contributed by atoms with Crippen LogP contribution in [0.5, 0.6) is 0 Å². The summed E-state index contributed by atoms with van der Waals surface area (Å²) in [7, 11) is 0. The lowest BCUT2D eigenvalue weighted by Gasteiger charge is -2.16. The van der Waals surface area contributed by atoms with Crippen LogP contribution in [0.4, 0.5) is 24.5 Å². The van der Waals surface area contributed by atoms with Crippen molar-refractivity contribution < 1.29 is 31.9 Å². The lowest BCUT2D eigenvalue weighted by molar-refractivity contribution is -0.137. The van der Waals surface area contributed by atoms with Gasteiger partial charge in [-0.1, -0.05) is 0 Å². The van der Waals surface area contributed by atoms with Crippen LogP contribution < -0.4 is 10.6 Å². The predicted molar refractivity (Wildman–Crippen MR) is 93.4 cm³/mol. The predicted octanol–water partition coefficient (Wildman–Crippen LogP) is 4.43. The van der Waals surface area contributed by atoms with E-state index in [1.807, 2.05) is 0 Å². The van der Waals surface area contributed by atoms with Crippen LogP contribution in [0.15, 0.2) is 39.6 Å². The Bertz CT molecular complexity index is 860. The van der Waals surface area contributed by atoms with Gasteiger partial charge in [-0.2, -0.15) is 13.2 Å². The average molecular weight is 447 g/mol. The molecule has 0 bridgehead atoms. The van der Waals surface area contributed by atoms with Crippen molar-refractivity contribution in [3.05, 3.63) is 46.3 Å². The molecule has 2 heterocycles. The first-order valence-electron chi connectivity index (χ1n) is 7.93. The Labute approximate surface area is 160 Å². The summed E-state index contributed by atoms with van der Waals surface area (Å²) in [5.74, 6) is -1.26. The molecule has 1 aromatic carbocycles. The Hall–Kier alpha value is -2.33. The van der Waals surface area contributed by atoms with Gasteiger partial charge in [0.1, 0.15) is 12.4 Å². The molecule has 0 aliphatic carbocycles. The van der Waals surface area contributed by atoms with E-state index in [9.17, 15) is 22.8 Å². The number of carbonyl (C=O) groups is 2. The maximum atomic E-state index is 13.4. The van der Waals surface area contributed by atoms with Gasteiger partial charge in [-0.05, 0) is 47.0 Å². The van der Waals surface area contributed by atoms with E-state index >= 15 is 0 Å². The van der Waals surface area contributed by atoms with Gasteiger partial charge in [0, 0.05) is 18.4 Å². The molecule has 2 N–H and O–H groups in total. The first-order chi connectivity index (χ1) is 12.7. The number of hydrogen-bond acceptors (Lipinski definition) is 4. The number of anilines is 2. The third kappa shape index (κ3) is 4.69. The summed E-state index contributed by atoms with van der Waals surface area (Å²) in [4.78, 5) is 24.1. The van der Waals surface area contributed by atoms with Gasteiger partial charge in [0.15, 0.2) is 4.67 Å². The van der Waals surface area contributed by atoms with Gasteiger partial charge in [-0.25, -0.2) is 0 Å². The minimum Gasteiger partial charge on any atom is -0.457 e. The molecule has 1 aliphatic rings. The number of rotatable bonds is 4. The van der Waals surface area contributed by atoms with Crippen molar-refractivity contribution in [3.8, 4) is 0 Å².